The van der Waals surface area contributed by atoms with Gasteiger partial charge in [-0.05, 0) is 25.1 Å². The molecule has 0 saturated heterocycles. The summed E-state index contributed by atoms with van der Waals surface area (Å²) < 4.78 is 12.9. The van der Waals surface area contributed by atoms with E-state index in [-0.39, 0.29) is 11.6 Å². The van der Waals surface area contributed by atoms with E-state index in [0.29, 0.717) is 5.69 Å². The molecular weight excluding hydrogens is 237 g/mol. The van der Waals surface area contributed by atoms with Crippen LogP contribution in [0, 0.1) is 5.82 Å². The first-order chi connectivity index (χ1) is 7.31. The van der Waals surface area contributed by atoms with E-state index in [2.05, 4.69) is 5.32 Å². The normalized spacial score (nSPS) is 14.2. The number of aliphatic carboxylic acids is 1. The van der Waals surface area contributed by atoms with Crippen molar-refractivity contribution in [1.29, 1.82) is 0 Å². The molecule has 6 heteroatoms. The monoisotopic (exact) mass is 247 g/mol. The van der Waals surface area contributed by atoms with Crippen LogP contribution in [-0.4, -0.2) is 28.3 Å². The molecule has 0 aliphatic heterocycles. The summed E-state index contributed by atoms with van der Waals surface area (Å²) in [5.74, 6) is -1.90. The van der Waals surface area contributed by atoms with E-state index in [4.69, 9.17) is 16.7 Å². The number of hydrogen-bond donors (Lipinski definition) is 3. The van der Waals surface area contributed by atoms with Crippen molar-refractivity contribution in [3.63, 3.8) is 0 Å². The van der Waals surface area contributed by atoms with Crippen molar-refractivity contribution in [3.05, 3.63) is 29.0 Å². The average Bonchev–Trinajstić information content (AvgIpc) is 2.13. The van der Waals surface area contributed by atoms with Crippen LogP contribution in [0.1, 0.15) is 6.92 Å². The van der Waals surface area contributed by atoms with Crippen LogP contribution in [0.5, 0.6) is 0 Å². The van der Waals surface area contributed by atoms with Gasteiger partial charge in [0.1, 0.15) is 5.82 Å². The van der Waals surface area contributed by atoms with Gasteiger partial charge in [-0.3, -0.25) is 0 Å². The predicted molar refractivity (Wildman–Crippen MR) is 58.2 cm³/mol. The first-order valence-corrected chi connectivity index (χ1v) is 4.85. The third-order valence-corrected chi connectivity index (χ3v) is 2.18. The Labute approximate surface area is 96.7 Å². The summed E-state index contributed by atoms with van der Waals surface area (Å²) in [6.45, 7) is 0.894. The van der Waals surface area contributed by atoms with Gasteiger partial charge in [0.15, 0.2) is 5.60 Å². The number of aliphatic hydroxyl groups is 1. The molecule has 1 aromatic carbocycles. The van der Waals surface area contributed by atoms with Crippen LogP contribution in [0.3, 0.4) is 0 Å². The van der Waals surface area contributed by atoms with Crippen molar-refractivity contribution in [1.82, 2.24) is 0 Å². The maximum atomic E-state index is 12.9. The molecule has 1 aromatic rings. The average molecular weight is 248 g/mol. The lowest BCUT2D eigenvalue weighted by atomic mass is 10.1. The molecule has 0 fully saturated rings. The van der Waals surface area contributed by atoms with Crippen molar-refractivity contribution in [2.75, 3.05) is 11.9 Å². The van der Waals surface area contributed by atoms with Gasteiger partial charge in [0.2, 0.25) is 0 Å². The fourth-order valence-electron chi connectivity index (χ4n) is 1.01. The number of carboxylic acid groups (broad SMARTS) is 1. The van der Waals surface area contributed by atoms with Crippen LogP contribution in [0.4, 0.5) is 10.1 Å². The van der Waals surface area contributed by atoms with Crippen LogP contribution in [0.2, 0.25) is 5.02 Å². The number of carboxylic acids is 1. The predicted octanol–water partition coefficient (Wildman–Crippen LogP) is 1.73. The first kappa shape index (κ1) is 12.7. The minimum absolute atomic E-state index is 0.192. The van der Waals surface area contributed by atoms with Gasteiger partial charge in [-0.1, -0.05) is 11.6 Å². The van der Waals surface area contributed by atoms with Gasteiger partial charge in [0.25, 0.3) is 0 Å². The molecule has 1 unspecified atom stereocenters. The summed E-state index contributed by atoms with van der Waals surface area (Å²) in [6.07, 6.45) is 0. The minimum atomic E-state index is -1.92. The quantitative estimate of drug-likeness (QED) is 0.758. The zero-order valence-electron chi connectivity index (χ0n) is 8.50. The highest BCUT2D eigenvalue weighted by molar-refractivity contribution is 6.30. The van der Waals surface area contributed by atoms with Gasteiger partial charge < -0.3 is 15.5 Å². The highest BCUT2D eigenvalue weighted by Crippen LogP contribution is 2.18. The van der Waals surface area contributed by atoms with Gasteiger partial charge in [0.05, 0.1) is 6.54 Å². The highest BCUT2D eigenvalue weighted by Gasteiger charge is 2.29. The maximum Gasteiger partial charge on any atom is 0.337 e. The molecule has 1 rings (SSSR count). The van der Waals surface area contributed by atoms with Gasteiger partial charge in [-0.25, -0.2) is 9.18 Å². The number of nitrogens with one attached hydrogen (secondary N) is 1. The lowest BCUT2D eigenvalue weighted by molar-refractivity contribution is -0.155. The van der Waals surface area contributed by atoms with E-state index in [1.54, 1.807) is 0 Å². The molecule has 0 amide bonds. The van der Waals surface area contributed by atoms with Crippen LogP contribution in [0.15, 0.2) is 18.2 Å². The molecule has 0 spiro atoms. The number of benzene rings is 1. The Hall–Kier alpha value is -1.33. The molecular formula is C10H11ClFNO3. The Morgan fingerprint density at radius 1 is 1.56 bits per heavy atom. The van der Waals surface area contributed by atoms with E-state index < -0.39 is 17.4 Å². The van der Waals surface area contributed by atoms with E-state index in [0.717, 1.165) is 19.1 Å². The third kappa shape index (κ3) is 3.36. The summed E-state index contributed by atoms with van der Waals surface area (Å²) in [6, 6.07) is 3.72. The molecule has 0 aromatic heterocycles. The summed E-state index contributed by atoms with van der Waals surface area (Å²) in [4.78, 5) is 10.6. The van der Waals surface area contributed by atoms with Crippen molar-refractivity contribution in [3.8, 4) is 0 Å². The lowest BCUT2D eigenvalue weighted by Gasteiger charge is -2.19. The van der Waals surface area contributed by atoms with Crippen LogP contribution >= 0.6 is 11.6 Å². The van der Waals surface area contributed by atoms with Crippen molar-refractivity contribution in [2.45, 2.75) is 12.5 Å². The molecule has 0 bridgehead atoms. The molecule has 3 N–H and O–H groups in total. The summed E-state index contributed by atoms with van der Waals surface area (Å²) in [5.41, 5.74) is -1.61. The molecule has 0 radical (unpaired) electrons. The Balaban J connectivity index is 2.71. The van der Waals surface area contributed by atoms with E-state index in [9.17, 15) is 14.3 Å². The molecule has 0 saturated carbocycles. The Kier molecular flexibility index (Phi) is 3.72. The van der Waals surface area contributed by atoms with Crippen molar-refractivity contribution in [2.24, 2.45) is 0 Å². The van der Waals surface area contributed by atoms with Crippen molar-refractivity contribution >= 4 is 23.3 Å². The second-order valence-electron chi connectivity index (χ2n) is 3.59. The Morgan fingerprint density at radius 3 is 2.69 bits per heavy atom. The van der Waals surface area contributed by atoms with Crippen LogP contribution in [0.25, 0.3) is 0 Å². The molecule has 0 heterocycles. The minimum Gasteiger partial charge on any atom is -0.479 e. The Bertz CT molecular complexity index is 389. The topological polar surface area (TPSA) is 69.6 Å². The number of carbonyl (C=O) groups is 1. The third-order valence-electron chi connectivity index (χ3n) is 1.96. The molecule has 1 atom stereocenters. The molecule has 0 aliphatic carbocycles. The zero-order chi connectivity index (χ0) is 12.3. The number of rotatable bonds is 4. The maximum absolute atomic E-state index is 12.9. The fraction of sp³-hybridized carbons (Fsp3) is 0.300. The molecule has 4 nitrogen and oxygen atoms in total. The van der Waals surface area contributed by atoms with Gasteiger partial charge >= 0.3 is 5.97 Å². The van der Waals surface area contributed by atoms with E-state index in [1.807, 2.05) is 0 Å². The molecule has 0 aliphatic rings. The van der Waals surface area contributed by atoms with E-state index in [1.165, 1.54) is 6.07 Å². The first-order valence-electron chi connectivity index (χ1n) is 4.47. The second kappa shape index (κ2) is 4.67. The van der Waals surface area contributed by atoms with E-state index >= 15 is 0 Å². The lowest BCUT2D eigenvalue weighted by Crippen LogP contribution is -2.41. The standard InChI is InChI=1S/C10H11ClFNO3/c1-10(16,9(14)15)5-13-8-3-6(11)2-7(12)4-8/h2-4,13,16H,5H2,1H3,(H,14,15). The number of halogens is 2. The smallest absolute Gasteiger partial charge is 0.337 e. The summed E-state index contributed by atoms with van der Waals surface area (Å²) in [7, 11) is 0. The van der Waals surface area contributed by atoms with Gasteiger partial charge in [-0.2, -0.15) is 0 Å². The largest absolute Gasteiger partial charge is 0.479 e. The summed E-state index contributed by atoms with van der Waals surface area (Å²) >= 11 is 5.60. The van der Waals surface area contributed by atoms with Crippen LogP contribution < -0.4 is 5.32 Å². The fourth-order valence-corrected chi connectivity index (χ4v) is 1.23. The molecule has 88 valence electrons. The zero-order valence-corrected chi connectivity index (χ0v) is 9.25. The summed E-state index contributed by atoms with van der Waals surface area (Å²) in [5, 5.41) is 20.8. The Morgan fingerprint density at radius 2 is 2.19 bits per heavy atom. The second-order valence-corrected chi connectivity index (χ2v) is 4.03. The highest BCUT2D eigenvalue weighted by atomic mass is 35.5. The molecule has 16 heavy (non-hydrogen) atoms. The number of anilines is 1. The van der Waals surface area contributed by atoms with Crippen molar-refractivity contribution < 1.29 is 19.4 Å². The van der Waals surface area contributed by atoms with Crippen LogP contribution in [-0.2, 0) is 4.79 Å². The van der Waals surface area contributed by atoms with Gasteiger partial charge in [0, 0.05) is 10.7 Å². The van der Waals surface area contributed by atoms with Gasteiger partial charge in [-0.15, -0.1) is 0 Å². The SMILES string of the molecule is CC(O)(CNc1cc(F)cc(Cl)c1)C(=O)O. The number of hydrogen-bond acceptors (Lipinski definition) is 3.